The van der Waals surface area contributed by atoms with Crippen molar-refractivity contribution in [2.75, 3.05) is 0 Å². The third kappa shape index (κ3) is 3.40. The normalized spacial score (nSPS) is 17.1. The molecular formula is C16H22N2O3. The van der Waals surface area contributed by atoms with Crippen LogP contribution in [0.15, 0.2) is 18.2 Å². The molecule has 2 atom stereocenters. The first-order valence-electron chi connectivity index (χ1n) is 7.48. The lowest BCUT2D eigenvalue weighted by molar-refractivity contribution is 0.0609. The Hall–Kier alpha value is -1.91. The molecule has 1 aliphatic rings. The molecule has 0 aliphatic heterocycles. The molecule has 0 bridgehead atoms. The van der Waals surface area contributed by atoms with Crippen molar-refractivity contribution in [3.8, 4) is 0 Å². The molecule has 0 saturated heterocycles. The number of rotatable bonds is 6. The predicted molar refractivity (Wildman–Crippen MR) is 79.3 cm³/mol. The number of nitrogens with zero attached hydrogens (tertiary/aromatic N) is 2. The summed E-state index contributed by atoms with van der Waals surface area (Å²) in [5.74, 6) is -0.872. The second-order valence-corrected chi connectivity index (χ2v) is 5.78. The topological polar surface area (TPSA) is 70.5 Å². The number of hydrogen-bond acceptors (Lipinski definition) is 3. The van der Waals surface area contributed by atoms with E-state index in [1.165, 1.54) is 6.07 Å². The van der Waals surface area contributed by atoms with Gasteiger partial charge in [0.15, 0.2) is 0 Å². The van der Waals surface area contributed by atoms with Gasteiger partial charge in [-0.3, -0.25) is 4.79 Å². The second kappa shape index (κ2) is 6.24. The van der Waals surface area contributed by atoms with Crippen molar-refractivity contribution in [3.05, 3.63) is 29.6 Å². The Kier molecular flexibility index (Phi) is 4.60. The van der Waals surface area contributed by atoms with Crippen LogP contribution in [-0.4, -0.2) is 39.0 Å². The fourth-order valence-corrected chi connectivity index (χ4v) is 2.46. The van der Waals surface area contributed by atoms with Gasteiger partial charge in [0.1, 0.15) is 11.4 Å². The van der Waals surface area contributed by atoms with E-state index in [0.717, 1.165) is 19.3 Å². The zero-order valence-electron chi connectivity index (χ0n) is 12.7. The maximum absolute atomic E-state index is 12.7. The molecule has 1 fully saturated rings. The molecule has 2 unspecified atom stereocenters. The lowest BCUT2D eigenvalue weighted by Gasteiger charge is -2.33. The minimum absolute atomic E-state index is 0.0900. The van der Waals surface area contributed by atoms with Crippen molar-refractivity contribution in [2.45, 2.75) is 52.1 Å². The monoisotopic (exact) mass is 290 g/mol. The number of carbonyl (C=O) groups is 2. The van der Waals surface area contributed by atoms with Gasteiger partial charge in [-0.25, -0.2) is 9.78 Å². The van der Waals surface area contributed by atoms with Crippen LogP contribution in [0.4, 0.5) is 0 Å². The molecule has 1 amide bonds. The first-order valence-corrected chi connectivity index (χ1v) is 7.48. The van der Waals surface area contributed by atoms with Gasteiger partial charge in [0.05, 0.1) is 0 Å². The van der Waals surface area contributed by atoms with Crippen molar-refractivity contribution in [1.82, 2.24) is 9.88 Å². The van der Waals surface area contributed by atoms with Crippen LogP contribution in [0.2, 0.25) is 0 Å². The molecule has 1 heterocycles. The molecule has 1 aliphatic carbocycles. The van der Waals surface area contributed by atoms with Crippen molar-refractivity contribution in [2.24, 2.45) is 5.92 Å². The van der Waals surface area contributed by atoms with Gasteiger partial charge in [-0.1, -0.05) is 26.3 Å². The van der Waals surface area contributed by atoms with E-state index in [4.69, 9.17) is 5.11 Å². The van der Waals surface area contributed by atoms with Crippen LogP contribution in [0, 0.1) is 5.92 Å². The van der Waals surface area contributed by atoms with E-state index >= 15 is 0 Å². The summed E-state index contributed by atoms with van der Waals surface area (Å²) in [6.07, 6.45) is 3.04. The fourth-order valence-electron chi connectivity index (χ4n) is 2.46. The fraction of sp³-hybridized carbons (Fsp3) is 0.562. The SMILES string of the molecule is CCC(C)C(C)N(C(=O)c1cccc(C(=O)O)n1)C1CC1. The highest BCUT2D eigenvalue weighted by molar-refractivity contribution is 5.94. The van der Waals surface area contributed by atoms with Crippen LogP contribution in [0.3, 0.4) is 0 Å². The Bertz CT molecular complexity index is 540. The number of carboxylic acid groups (broad SMARTS) is 1. The molecule has 5 nitrogen and oxygen atoms in total. The molecule has 2 rings (SSSR count). The summed E-state index contributed by atoms with van der Waals surface area (Å²) >= 11 is 0. The highest BCUT2D eigenvalue weighted by Crippen LogP contribution is 2.32. The van der Waals surface area contributed by atoms with Crippen LogP contribution in [0.25, 0.3) is 0 Å². The van der Waals surface area contributed by atoms with Gasteiger partial charge in [-0.05, 0) is 37.8 Å². The third-order valence-corrected chi connectivity index (χ3v) is 4.27. The Morgan fingerprint density at radius 2 is 1.95 bits per heavy atom. The molecule has 1 aromatic heterocycles. The average molecular weight is 290 g/mol. The molecule has 5 heteroatoms. The predicted octanol–water partition coefficient (Wildman–Crippen LogP) is 2.82. The Balaban J connectivity index is 2.26. The number of carboxylic acids is 1. The minimum Gasteiger partial charge on any atom is -0.477 e. The molecule has 21 heavy (non-hydrogen) atoms. The molecule has 114 valence electrons. The number of carbonyl (C=O) groups excluding carboxylic acids is 1. The first kappa shape index (κ1) is 15.5. The van der Waals surface area contributed by atoms with E-state index in [1.54, 1.807) is 12.1 Å². The summed E-state index contributed by atoms with van der Waals surface area (Å²) in [6, 6.07) is 4.97. The van der Waals surface area contributed by atoms with Crippen LogP contribution < -0.4 is 0 Å². The number of pyridine rings is 1. The Morgan fingerprint density at radius 3 is 2.48 bits per heavy atom. The third-order valence-electron chi connectivity index (χ3n) is 4.27. The standard InChI is InChI=1S/C16H22N2O3/c1-4-10(2)11(3)18(12-8-9-12)15(19)13-6-5-7-14(17-13)16(20)21/h5-7,10-12H,4,8-9H2,1-3H3,(H,20,21). The van der Waals surface area contributed by atoms with Crippen LogP contribution >= 0.6 is 0 Å². The summed E-state index contributed by atoms with van der Waals surface area (Å²) in [4.78, 5) is 29.6. The maximum Gasteiger partial charge on any atom is 0.354 e. The molecule has 1 aromatic rings. The van der Waals surface area contributed by atoms with Gasteiger partial charge in [-0.15, -0.1) is 0 Å². The van der Waals surface area contributed by atoms with Gasteiger partial charge < -0.3 is 10.0 Å². The highest BCUT2D eigenvalue weighted by Gasteiger charge is 2.38. The minimum atomic E-state index is -1.11. The first-order chi connectivity index (χ1) is 9.95. The number of aromatic nitrogens is 1. The van der Waals surface area contributed by atoms with Crippen molar-refractivity contribution < 1.29 is 14.7 Å². The van der Waals surface area contributed by atoms with E-state index < -0.39 is 5.97 Å². The molecule has 0 spiro atoms. The van der Waals surface area contributed by atoms with Gasteiger partial charge in [-0.2, -0.15) is 0 Å². The van der Waals surface area contributed by atoms with Crippen LogP contribution in [-0.2, 0) is 0 Å². The summed E-state index contributed by atoms with van der Waals surface area (Å²) in [7, 11) is 0. The van der Waals surface area contributed by atoms with E-state index in [1.807, 2.05) is 4.90 Å². The largest absolute Gasteiger partial charge is 0.477 e. The summed E-state index contributed by atoms with van der Waals surface area (Å²) in [5, 5.41) is 9.00. The zero-order chi connectivity index (χ0) is 15.6. The molecule has 0 radical (unpaired) electrons. The Labute approximate surface area is 125 Å². The average Bonchev–Trinajstić information content (AvgIpc) is 3.31. The molecule has 0 aromatic carbocycles. The number of hydrogen-bond donors (Lipinski definition) is 1. The molecule has 1 N–H and O–H groups in total. The van der Waals surface area contributed by atoms with E-state index in [2.05, 4.69) is 25.8 Å². The van der Waals surface area contributed by atoms with Crippen molar-refractivity contribution in [3.63, 3.8) is 0 Å². The lowest BCUT2D eigenvalue weighted by Crippen LogP contribution is -2.44. The Morgan fingerprint density at radius 1 is 1.33 bits per heavy atom. The van der Waals surface area contributed by atoms with Crippen LogP contribution in [0.5, 0.6) is 0 Å². The quantitative estimate of drug-likeness (QED) is 0.874. The summed E-state index contributed by atoms with van der Waals surface area (Å²) < 4.78 is 0. The van der Waals surface area contributed by atoms with E-state index in [-0.39, 0.29) is 29.4 Å². The zero-order valence-corrected chi connectivity index (χ0v) is 12.7. The summed E-state index contributed by atoms with van der Waals surface area (Å²) in [6.45, 7) is 6.31. The van der Waals surface area contributed by atoms with Crippen molar-refractivity contribution in [1.29, 1.82) is 0 Å². The number of amides is 1. The summed E-state index contributed by atoms with van der Waals surface area (Å²) in [5.41, 5.74) is 0.129. The molecule has 1 saturated carbocycles. The maximum atomic E-state index is 12.7. The van der Waals surface area contributed by atoms with Gasteiger partial charge in [0.2, 0.25) is 0 Å². The van der Waals surface area contributed by atoms with Crippen LogP contribution in [0.1, 0.15) is 61.0 Å². The lowest BCUT2D eigenvalue weighted by atomic mass is 9.98. The smallest absolute Gasteiger partial charge is 0.354 e. The molecular weight excluding hydrogens is 268 g/mol. The van der Waals surface area contributed by atoms with Gasteiger partial charge >= 0.3 is 5.97 Å². The number of aromatic carboxylic acids is 1. The van der Waals surface area contributed by atoms with Gasteiger partial charge in [0, 0.05) is 12.1 Å². The highest BCUT2D eigenvalue weighted by atomic mass is 16.4. The van der Waals surface area contributed by atoms with Crippen molar-refractivity contribution >= 4 is 11.9 Å². The second-order valence-electron chi connectivity index (χ2n) is 5.78. The van der Waals surface area contributed by atoms with Gasteiger partial charge in [0.25, 0.3) is 5.91 Å². The van der Waals surface area contributed by atoms with E-state index in [0.29, 0.717) is 5.92 Å². The van der Waals surface area contributed by atoms with E-state index in [9.17, 15) is 9.59 Å².